The molecule has 1 N–H and O–H groups in total. The average molecular weight is 347 g/mol. The zero-order valence-corrected chi connectivity index (χ0v) is 14.0. The summed E-state index contributed by atoms with van der Waals surface area (Å²) >= 11 is 2.69. The number of thioether (sulfide) groups is 1. The summed E-state index contributed by atoms with van der Waals surface area (Å²) in [5.41, 5.74) is 2.60. The van der Waals surface area contributed by atoms with Crippen molar-refractivity contribution in [2.45, 2.75) is 23.4 Å². The molecule has 118 valence electrons. The minimum absolute atomic E-state index is 0.160. The normalized spacial score (nSPS) is 12.3. The van der Waals surface area contributed by atoms with Crippen LogP contribution in [-0.4, -0.2) is 27.1 Å². The number of rotatable bonds is 5. The Morgan fingerprint density at radius 3 is 2.83 bits per heavy atom. The van der Waals surface area contributed by atoms with Crippen LogP contribution in [0.1, 0.15) is 24.4 Å². The van der Waals surface area contributed by atoms with Gasteiger partial charge >= 0.3 is 0 Å². The second-order valence-corrected chi connectivity index (χ2v) is 7.23. The lowest BCUT2D eigenvalue weighted by molar-refractivity contribution is -0.115. The van der Waals surface area contributed by atoms with E-state index < -0.39 is 0 Å². The van der Waals surface area contributed by atoms with Gasteiger partial charge < -0.3 is 9.73 Å². The number of fused-ring (bicyclic) bond motifs is 1. The van der Waals surface area contributed by atoms with E-state index in [1.807, 2.05) is 18.2 Å². The molecule has 0 saturated carbocycles. The maximum atomic E-state index is 12.4. The number of hydrogen-bond acceptors (Lipinski definition) is 7. The van der Waals surface area contributed by atoms with E-state index in [0.29, 0.717) is 16.7 Å². The fourth-order valence-corrected chi connectivity index (χ4v) is 3.69. The number of benzene rings is 1. The first kappa shape index (κ1) is 15.7. The fraction of sp³-hybridized carbons (Fsp3) is 0.200. The number of aromatic nitrogens is 2. The van der Waals surface area contributed by atoms with Crippen LogP contribution < -0.4 is 5.32 Å². The molecule has 23 heavy (non-hydrogen) atoms. The van der Waals surface area contributed by atoms with E-state index in [4.69, 9.17) is 4.42 Å². The summed E-state index contributed by atoms with van der Waals surface area (Å²) in [7, 11) is 0. The standard InChI is InChI=1S/C15H13N3O3S2/c1-8(19)13-12(10-5-3-4-6-11(10)21-13)17-14(20)9(2)23-15-18-16-7-22-15/h3-7,9H,1-2H3,(H,17,20). The first-order valence-electron chi connectivity index (χ1n) is 6.82. The van der Waals surface area contributed by atoms with Gasteiger partial charge in [0.1, 0.15) is 11.1 Å². The van der Waals surface area contributed by atoms with Gasteiger partial charge in [0.05, 0.1) is 10.9 Å². The summed E-state index contributed by atoms with van der Waals surface area (Å²) in [4.78, 5) is 24.2. The lowest BCUT2D eigenvalue weighted by Crippen LogP contribution is -2.23. The van der Waals surface area contributed by atoms with E-state index in [1.165, 1.54) is 30.0 Å². The summed E-state index contributed by atoms with van der Waals surface area (Å²) < 4.78 is 6.27. The topological polar surface area (TPSA) is 85.1 Å². The van der Waals surface area contributed by atoms with Gasteiger partial charge in [-0.25, -0.2) is 0 Å². The zero-order chi connectivity index (χ0) is 16.4. The molecule has 0 radical (unpaired) electrons. The summed E-state index contributed by atoms with van der Waals surface area (Å²) in [5.74, 6) is -0.298. The van der Waals surface area contributed by atoms with Gasteiger partial charge in [0.15, 0.2) is 15.9 Å². The second kappa shape index (κ2) is 6.51. The van der Waals surface area contributed by atoms with Crippen LogP contribution in [0.4, 0.5) is 5.69 Å². The number of carbonyl (C=O) groups is 2. The average Bonchev–Trinajstić information content (AvgIpc) is 3.15. The number of ketones is 1. The van der Waals surface area contributed by atoms with E-state index in [9.17, 15) is 9.59 Å². The first-order chi connectivity index (χ1) is 11.1. The molecule has 3 aromatic rings. The number of amides is 1. The molecule has 1 amide bonds. The molecule has 1 aromatic carbocycles. The van der Waals surface area contributed by atoms with Gasteiger partial charge in [0.25, 0.3) is 0 Å². The van der Waals surface area contributed by atoms with Gasteiger partial charge in [-0.2, -0.15) is 0 Å². The molecule has 0 saturated heterocycles. The van der Waals surface area contributed by atoms with Gasteiger partial charge in [-0.1, -0.05) is 35.2 Å². The summed E-state index contributed by atoms with van der Waals surface area (Å²) in [6, 6.07) is 7.21. The van der Waals surface area contributed by atoms with Crippen LogP contribution in [0, 0.1) is 0 Å². The van der Waals surface area contributed by atoms with Crippen LogP contribution in [0.15, 0.2) is 38.5 Å². The van der Waals surface area contributed by atoms with Crippen molar-refractivity contribution in [3.8, 4) is 0 Å². The van der Waals surface area contributed by atoms with Crippen LogP contribution in [-0.2, 0) is 4.79 Å². The third-order valence-corrected chi connectivity index (χ3v) is 5.06. The Morgan fingerprint density at radius 2 is 2.13 bits per heavy atom. The Hall–Kier alpha value is -2.19. The molecule has 8 heteroatoms. The highest BCUT2D eigenvalue weighted by molar-refractivity contribution is 8.02. The molecule has 0 aliphatic heterocycles. The highest BCUT2D eigenvalue weighted by Crippen LogP contribution is 2.32. The lowest BCUT2D eigenvalue weighted by Gasteiger charge is -2.10. The maximum Gasteiger partial charge on any atom is 0.237 e. The van der Waals surface area contributed by atoms with E-state index in [2.05, 4.69) is 15.5 Å². The molecule has 0 aliphatic rings. The molecule has 2 heterocycles. The summed E-state index contributed by atoms with van der Waals surface area (Å²) in [6.07, 6.45) is 0. The van der Waals surface area contributed by atoms with Crippen LogP contribution in [0.25, 0.3) is 11.0 Å². The molecule has 1 atom stereocenters. The third-order valence-electron chi connectivity index (χ3n) is 3.15. The Bertz CT molecular complexity index is 858. The molecular weight excluding hydrogens is 334 g/mol. The second-order valence-electron chi connectivity index (χ2n) is 4.81. The number of anilines is 1. The van der Waals surface area contributed by atoms with E-state index in [0.717, 1.165) is 4.34 Å². The van der Waals surface area contributed by atoms with Crippen molar-refractivity contribution < 1.29 is 14.0 Å². The SMILES string of the molecule is CC(=O)c1oc2ccccc2c1NC(=O)C(C)Sc1nncs1. The quantitative estimate of drug-likeness (QED) is 0.560. The lowest BCUT2D eigenvalue weighted by atomic mass is 10.2. The van der Waals surface area contributed by atoms with Gasteiger partial charge in [-0.05, 0) is 19.1 Å². The largest absolute Gasteiger partial charge is 0.451 e. The van der Waals surface area contributed by atoms with E-state index in [-0.39, 0.29) is 22.7 Å². The molecular formula is C15H13N3O3S2. The number of Topliss-reactive ketones (excluding diaryl/α,β-unsaturated/α-hetero) is 1. The van der Waals surface area contributed by atoms with E-state index >= 15 is 0 Å². The Balaban J connectivity index is 1.86. The van der Waals surface area contributed by atoms with Crippen molar-refractivity contribution >= 4 is 51.4 Å². The highest BCUT2D eigenvalue weighted by atomic mass is 32.2. The maximum absolute atomic E-state index is 12.4. The predicted octanol–water partition coefficient (Wildman–Crippen LogP) is 3.61. The molecule has 1 unspecified atom stereocenters. The fourth-order valence-electron chi connectivity index (χ4n) is 2.06. The van der Waals surface area contributed by atoms with Crippen LogP contribution in [0.5, 0.6) is 0 Å². The Morgan fingerprint density at radius 1 is 1.35 bits per heavy atom. The van der Waals surface area contributed by atoms with Gasteiger partial charge in [0.2, 0.25) is 5.91 Å². The van der Waals surface area contributed by atoms with Crippen molar-refractivity contribution in [2.24, 2.45) is 0 Å². The minimum atomic E-state index is -0.378. The van der Waals surface area contributed by atoms with Crippen molar-refractivity contribution in [3.63, 3.8) is 0 Å². The molecule has 2 aromatic heterocycles. The zero-order valence-electron chi connectivity index (χ0n) is 12.4. The van der Waals surface area contributed by atoms with Gasteiger partial charge in [0, 0.05) is 12.3 Å². The molecule has 0 aliphatic carbocycles. The minimum Gasteiger partial charge on any atom is -0.451 e. The van der Waals surface area contributed by atoms with Gasteiger partial charge in [-0.15, -0.1) is 10.2 Å². The van der Waals surface area contributed by atoms with Crippen LogP contribution in [0.2, 0.25) is 0 Å². The predicted molar refractivity (Wildman–Crippen MR) is 90.1 cm³/mol. The van der Waals surface area contributed by atoms with Crippen molar-refractivity contribution in [1.82, 2.24) is 10.2 Å². The molecule has 0 bridgehead atoms. The molecule has 0 fully saturated rings. The van der Waals surface area contributed by atoms with Crippen molar-refractivity contribution in [3.05, 3.63) is 35.5 Å². The van der Waals surface area contributed by atoms with Crippen LogP contribution >= 0.6 is 23.1 Å². The van der Waals surface area contributed by atoms with Crippen molar-refractivity contribution in [2.75, 3.05) is 5.32 Å². The Kier molecular flexibility index (Phi) is 4.44. The number of nitrogens with zero attached hydrogens (tertiary/aromatic N) is 2. The van der Waals surface area contributed by atoms with Crippen LogP contribution in [0.3, 0.4) is 0 Å². The number of hydrogen-bond donors (Lipinski definition) is 1. The summed E-state index contributed by atoms with van der Waals surface area (Å²) in [5, 5.41) is 10.8. The van der Waals surface area contributed by atoms with Crippen molar-refractivity contribution in [1.29, 1.82) is 0 Å². The molecule has 0 spiro atoms. The van der Waals surface area contributed by atoms with E-state index in [1.54, 1.807) is 18.5 Å². The number of nitrogens with one attached hydrogen (secondary N) is 1. The monoisotopic (exact) mass is 347 g/mol. The highest BCUT2D eigenvalue weighted by Gasteiger charge is 2.23. The molecule has 3 rings (SSSR count). The number of para-hydroxylation sites is 1. The first-order valence-corrected chi connectivity index (χ1v) is 8.58. The summed E-state index contributed by atoms with van der Waals surface area (Å²) in [6.45, 7) is 3.18. The number of furan rings is 1. The smallest absolute Gasteiger partial charge is 0.237 e. The molecule has 6 nitrogen and oxygen atoms in total. The van der Waals surface area contributed by atoms with Gasteiger partial charge in [-0.3, -0.25) is 9.59 Å². The third kappa shape index (κ3) is 3.27. The number of carbonyl (C=O) groups excluding carboxylic acids is 2. The Labute approximate surface area is 140 Å².